The number of carbonyl (C=O) groups is 2. The van der Waals surface area contributed by atoms with Gasteiger partial charge in [0.1, 0.15) is 6.04 Å². The van der Waals surface area contributed by atoms with E-state index in [2.05, 4.69) is 17.1 Å². The van der Waals surface area contributed by atoms with Gasteiger partial charge in [-0.1, -0.05) is 17.7 Å². The molecule has 0 bridgehead atoms. The number of piperazine rings is 1. The second-order valence-electron chi connectivity index (χ2n) is 6.19. The third kappa shape index (κ3) is 3.98. The van der Waals surface area contributed by atoms with Crippen LogP contribution in [0.5, 0.6) is 0 Å². The Labute approximate surface area is 151 Å². The lowest BCUT2D eigenvalue weighted by Crippen LogP contribution is -2.55. The van der Waals surface area contributed by atoms with Gasteiger partial charge < -0.3 is 15.1 Å². The van der Waals surface area contributed by atoms with Gasteiger partial charge in [-0.05, 0) is 24.6 Å². The summed E-state index contributed by atoms with van der Waals surface area (Å²) < 4.78 is 0. The Morgan fingerprint density at radius 3 is 2.79 bits per heavy atom. The molecule has 1 aromatic rings. The van der Waals surface area contributed by atoms with Gasteiger partial charge in [0.25, 0.3) is 0 Å². The van der Waals surface area contributed by atoms with Crippen molar-refractivity contribution >= 4 is 40.9 Å². The average Bonchev–Trinajstić information content (AvgIpc) is 2.81. The van der Waals surface area contributed by atoms with Gasteiger partial charge in [0.15, 0.2) is 0 Å². The summed E-state index contributed by atoms with van der Waals surface area (Å²) in [4.78, 5) is 28.5. The summed E-state index contributed by atoms with van der Waals surface area (Å²) in [7, 11) is 0. The predicted molar refractivity (Wildman–Crippen MR) is 98.9 cm³/mol. The number of nitrogens with one attached hydrogen (secondary N) is 1. The van der Waals surface area contributed by atoms with Crippen LogP contribution in [-0.2, 0) is 9.59 Å². The number of anilines is 1. The molecule has 2 heterocycles. The highest BCUT2D eigenvalue weighted by molar-refractivity contribution is 7.99. The van der Waals surface area contributed by atoms with Crippen molar-refractivity contribution in [3.63, 3.8) is 0 Å². The van der Waals surface area contributed by atoms with Crippen molar-refractivity contribution in [2.75, 3.05) is 42.6 Å². The van der Waals surface area contributed by atoms with Gasteiger partial charge in [-0.15, -0.1) is 0 Å². The van der Waals surface area contributed by atoms with Crippen LogP contribution in [0, 0.1) is 6.92 Å². The SMILES string of the molecule is Cc1ccc(Cl)cc1N1CCN(C(=O)[C@@H]2CSCCC(=O)N2)CC1. The number of hydrogen-bond donors (Lipinski definition) is 1. The molecule has 2 amide bonds. The number of carbonyl (C=O) groups excluding carboxylic acids is 2. The molecule has 1 atom stereocenters. The Morgan fingerprint density at radius 1 is 1.29 bits per heavy atom. The Bertz CT molecular complexity index is 632. The molecule has 5 nitrogen and oxygen atoms in total. The molecule has 0 unspecified atom stereocenters. The van der Waals surface area contributed by atoms with E-state index in [9.17, 15) is 9.59 Å². The molecule has 0 aromatic heterocycles. The van der Waals surface area contributed by atoms with Crippen molar-refractivity contribution in [3.05, 3.63) is 28.8 Å². The average molecular weight is 368 g/mol. The van der Waals surface area contributed by atoms with Crippen molar-refractivity contribution in [1.29, 1.82) is 0 Å². The Kier molecular flexibility index (Phi) is 5.56. The molecule has 24 heavy (non-hydrogen) atoms. The third-order valence-corrected chi connectivity index (χ3v) is 5.79. The van der Waals surface area contributed by atoms with Crippen LogP contribution < -0.4 is 10.2 Å². The highest BCUT2D eigenvalue weighted by atomic mass is 35.5. The fourth-order valence-electron chi connectivity index (χ4n) is 3.12. The number of amides is 2. The van der Waals surface area contributed by atoms with Crippen LogP contribution in [0.15, 0.2) is 18.2 Å². The van der Waals surface area contributed by atoms with Crippen molar-refractivity contribution in [3.8, 4) is 0 Å². The fraction of sp³-hybridized carbons (Fsp3) is 0.529. The maximum atomic E-state index is 12.7. The first kappa shape index (κ1) is 17.4. The van der Waals surface area contributed by atoms with E-state index in [1.807, 2.05) is 23.1 Å². The zero-order chi connectivity index (χ0) is 17.1. The second-order valence-corrected chi connectivity index (χ2v) is 7.77. The van der Waals surface area contributed by atoms with E-state index < -0.39 is 0 Å². The molecule has 0 aliphatic carbocycles. The first-order chi connectivity index (χ1) is 11.5. The van der Waals surface area contributed by atoms with E-state index in [-0.39, 0.29) is 17.9 Å². The Morgan fingerprint density at radius 2 is 2.04 bits per heavy atom. The van der Waals surface area contributed by atoms with Crippen LogP contribution in [0.3, 0.4) is 0 Å². The molecular weight excluding hydrogens is 346 g/mol. The Hall–Kier alpha value is -1.40. The molecule has 0 saturated carbocycles. The van der Waals surface area contributed by atoms with E-state index in [1.54, 1.807) is 11.8 Å². The van der Waals surface area contributed by atoms with Gasteiger partial charge in [0.2, 0.25) is 11.8 Å². The van der Waals surface area contributed by atoms with Crippen molar-refractivity contribution in [1.82, 2.24) is 10.2 Å². The lowest BCUT2D eigenvalue weighted by Gasteiger charge is -2.38. The molecule has 1 aromatic carbocycles. The van der Waals surface area contributed by atoms with Crippen LogP contribution in [0.1, 0.15) is 12.0 Å². The van der Waals surface area contributed by atoms with Gasteiger partial charge >= 0.3 is 0 Å². The standard InChI is InChI=1S/C17H22ClN3O2S/c1-12-2-3-13(18)10-15(12)20-5-7-21(8-6-20)17(23)14-11-24-9-4-16(22)19-14/h2-3,10,14H,4-9,11H2,1H3,(H,19,22)/t14-/m0/s1. The van der Waals surface area contributed by atoms with Crippen LogP contribution >= 0.6 is 23.4 Å². The lowest BCUT2D eigenvalue weighted by atomic mass is 10.1. The summed E-state index contributed by atoms with van der Waals surface area (Å²) in [6, 6.07) is 5.51. The fourth-order valence-corrected chi connectivity index (χ4v) is 4.24. The summed E-state index contributed by atoms with van der Waals surface area (Å²) in [5.41, 5.74) is 2.32. The molecule has 2 aliphatic rings. The van der Waals surface area contributed by atoms with E-state index in [0.717, 1.165) is 29.6 Å². The minimum atomic E-state index is -0.385. The second kappa shape index (κ2) is 7.66. The summed E-state index contributed by atoms with van der Waals surface area (Å²) >= 11 is 7.78. The molecule has 2 saturated heterocycles. The number of nitrogens with zero attached hydrogens (tertiary/aromatic N) is 2. The predicted octanol–water partition coefficient (Wildman–Crippen LogP) is 1.92. The largest absolute Gasteiger partial charge is 0.368 e. The minimum Gasteiger partial charge on any atom is -0.368 e. The normalized spacial score (nSPS) is 22.1. The topological polar surface area (TPSA) is 52.7 Å². The summed E-state index contributed by atoms with van der Waals surface area (Å²) in [6.45, 7) is 4.96. The molecule has 2 fully saturated rings. The minimum absolute atomic E-state index is 0.0217. The van der Waals surface area contributed by atoms with Crippen LogP contribution in [0.4, 0.5) is 5.69 Å². The molecule has 0 spiro atoms. The van der Waals surface area contributed by atoms with E-state index in [4.69, 9.17) is 11.6 Å². The smallest absolute Gasteiger partial charge is 0.246 e. The van der Waals surface area contributed by atoms with E-state index in [1.165, 1.54) is 5.56 Å². The number of thioether (sulfide) groups is 1. The van der Waals surface area contributed by atoms with Gasteiger partial charge in [0.05, 0.1) is 0 Å². The quantitative estimate of drug-likeness (QED) is 0.867. The molecule has 130 valence electrons. The van der Waals surface area contributed by atoms with Crippen LogP contribution in [0.25, 0.3) is 0 Å². The molecular formula is C17H22ClN3O2S. The number of rotatable bonds is 2. The monoisotopic (exact) mass is 367 g/mol. The van der Waals surface area contributed by atoms with Gasteiger partial charge in [-0.3, -0.25) is 9.59 Å². The van der Waals surface area contributed by atoms with Crippen LogP contribution in [0.2, 0.25) is 5.02 Å². The zero-order valence-electron chi connectivity index (χ0n) is 13.8. The highest BCUT2D eigenvalue weighted by Gasteiger charge is 2.30. The third-order valence-electron chi connectivity index (χ3n) is 4.49. The van der Waals surface area contributed by atoms with Crippen molar-refractivity contribution in [2.45, 2.75) is 19.4 Å². The molecule has 3 rings (SSSR count). The van der Waals surface area contributed by atoms with Gasteiger partial charge in [0, 0.05) is 54.8 Å². The number of halogens is 1. The van der Waals surface area contributed by atoms with Gasteiger partial charge in [-0.25, -0.2) is 0 Å². The Balaban J connectivity index is 1.61. The zero-order valence-corrected chi connectivity index (χ0v) is 15.3. The van der Waals surface area contributed by atoms with Crippen molar-refractivity contribution in [2.24, 2.45) is 0 Å². The highest BCUT2D eigenvalue weighted by Crippen LogP contribution is 2.25. The van der Waals surface area contributed by atoms with Crippen LogP contribution in [-0.4, -0.2) is 60.4 Å². The van der Waals surface area contributed by atoms with Gasteiger partial charge in [-0.2, -0.15) is 11.8 Å². The maximum absolute atomic E-state index is 12.7. The summed E-state index contributed by atoms with van der Waals surface area (Å²) in [6.07, 6.45) is 0.496. The van der Waals surface area contributed by atoms with E-state index in [0.29, 0.717) is 25.3 Å². The number of benzene rings is 1. The first-order valence-electron chi connectivity index (χ1n) is 8.21. The maximum Gasteiger partial charge on any atom is 0.246 e. The first-order valence-corrected chi connectivity index (χ1v) is 9.75. The number of aryl methyl sites for hydroxylation is 1. The molecule has 7 heteroatoms. The summed E-state index contributed by atoms with van der Waals surface area (Å²) in [5, 5.41) is 3.58. The lowest BCUT2D eigenvalue weighted by molar-refractivity contribution is -0.135. The molecule has 2 aliphatic heterocycles. The summed E-state index contributed by atoms with van der Waals surface area (Å²) in [5.74, 6) is 1.47. The van der Waals surface area contributed by atoms with E-state index >= 15 is 0 Å². The molecule has 1 N–H and O–H groups in total. The van der Waals surface area contributed by atoms with Crippen molar-refractivity contribution < 1.29 is 9.59 Å². The number of hydrogen-bond acceptors (Lipinski definition) is 4. The molecule has 0 radical (unpaired) electrons.